The van der Waals surface area contributed by atoms with Crippen LogP contribution in [0.2, 0.25) is 0 Å². The Kier molecular flexibility index (Phi) is 7.50. The van der Waals surface area contributed by atoms with Gasteiger partial charge in [-0.3, -0.25) is 5.43 Å². The quantitative estimate of drug-likeness (QED) is 0.145. The van der Waals surface area contributed by atoms with Crippen LogP contribution in [0.1, 0.15) is 16.7 Å². The van der Waals surface area contributed by atoms with E-state index in [-0.39, 0.29) is 18.2 Å². The molecule has 0 spiro atoms. The van der Waals surface area contributed by atoms with Crippen molar-refractivity contribution in [2.75, 3.05) is 5.43 Å². The first-order chi connectivity index (χ1) is 14.2. The molecule has 0 amide bonds. The fourth-order valence-electron chi connectivity index (χ4n) is 2.36. The molecule has 156 valence electrons. The largest absolute Gasteiger partial charge is 0.487 e. The Morgan fingerprint density at radius 2 is 1.77 bits per heavy atom. The van der Waals surface area contributed by atoms with Crippen LogP contribution < -0.4 is 10.2 Å². The highest BCUT2D eigenvalue weighted by molar-refractivity contribution is 14.1. The third-order valence-electron chi connectivity index (χ3n) is 3.83. The molecule has 30 heavy (non-hydrogen) atoms. The first-order valence-corrected chi connectivity index (χ1v) is 10.6. The second-order valence-corrected chi connectivity index (χ2v) is 8.32. The molecular formula is C20H13F4I2N3O. The summed E-state index contributed by atoms with van der Waals surface area (Å²) in [5.74, 6) is 0.497. The van der Waals surface area contributed by atoms with Gasteiger partial charge in [0.2, 0.25) is 0 Å². The predicted octanol–water partition coefficient (Wildman–Crippen LogP) is 6.47. The van der Waals surface area contributed by atoms with E-state index in [0.29, 0.717) is 11.3 Å². The third-order valence-corrected chi connectivity index (χ3v) is 5.44. The molecule has 0 aliphatic carbocycles. The predicted molar refractivity (Wildman–Crippen MR) is 123 cm³/mol. The molecule has 0 fully saturated rings. The minimum absolute atomic E-state index is 0.104. The van der Waals surface area contributed by atoms with Crippen molar-refractivity contribution in [2.24, 2.45) is 5.10 Å². The zero-order chi connectivity index (χ0) is 21.7. The number of benzene rings is 2. The first-order valence-electron chi connectivity index (χ1n) is 8.41. The lowest BCUT2D eigenvalue weighted by Crippen LogP contribution is -2.05. The van der Waals surface area contributed by atoms with Crippen LogP contribution in [0.25, 0.3) is 0 Å². The van der Waals surface area contributed by atoms with E-state index in [0.717, 1.165) is 25.0 Å². The van der Waals surface area contributed by atoms with Gasteiger partial charge in [-0.1, -0.05) is 18.2 Å². The van der Waals surface area contributed by atoms with Crippen molar-refractivity contribution in [3.05, 3.63) is 84.4 Å². The van der Waals surface area contributed by atoms with E-state index in [9.17, 15) is 17.6 Å². The van der Waals surface area contributed by atoms with Crippen LogP contribution >= 0.6 is 45.2 Å². The zero-order valence-electron chi connectivity index (χ0n) is 15.1. The SMILES string of the molecule is Fc1ccccc1COc1c(I)cc(/C=N\Nc2ccc(C(F)(F)F)cn2)cc1I. The summed E-state index contributed by atoms with van der Waals surface area (Å²) in [7, 11) is 0. The molecule has 0 atom stereocenters. The monoisotopic (exact) mass is 641 g/mol. The fraction of sp³-hybridized carbons (Fsp3) is 0.100. The molecule has 2 aromatic carbocycles. The van der Waals surface area contributed by atoms with E-state index in [1.54, 1.807) is 18.2 Å². The van der Waals surface area contributed by atoms with Crippen molar-refractivity contribution in [1.82, 2.24) is 4.98 Å². The van der Waals surface area contributed by atoms with Gasteiger partial charge < -0.3 is 4.74 Å². The number of nitrogens with one attached hydrogen (secondary N) is 1. The highest BCUT2D eigenvalue weighted by Crippen LogP contribution is 2.30. The summed E-state index contributed by atoms with van der Waals surface area (Å²) in [6.45, 7) is 0.104. The summed E-state index contributed by atoms with van der Waals surface area (Å²) >= 11 is 4.23. The molecule has 1 N–H and O–H groups in total. The van der Waals surface area contributed by atoms with Crippen LogP contribution in [0.5, 0.6) is 5.75 Å². The van der Waals surface area contributed by atoms with E-state index < -0.39 is 11.7 Å². The van der Waals surface area contributed by atoms with Gasteiger partial charge in [-0.2, -0.15) is 18.3 Å². The second-order valence-electron chi connectivity index (χ2n) is 5.99. The van der Waals surface area contributed by atoms with E-state index in [1.807, 2.05) is 12.1 Å². The molecule has 0 unspecified atom stereocenters. The zero-order valence-corrected chi connectivity index (χ0v) is 19.4. The van der Waals surface area contributed by atoms with Crippen LogP contribution in [0.15, 0.2) is 59.8 Å². The molecule has 4 nitrogen and oxygen atoms in total. The average molecular weight is 641 g/mol. The van der Waals surface area contributed by atoms with E-state index in [4.69, 9.17) is 4.74 Å². The number of anilines is 1. The average Bonchev–Trinajstić information content (AvgIpc) is 2.68. The minimum atomic E-state index is -4.43. The second kappa shape index (κ2) is 9.90. The Labute approximate surface area is 197 Å². The molecule has 0 saturated carbocycles. The Balaban J connectivity index is 1.65. The van der Waals surface area contributed by atoms with Gasteiger partial charge >= 0.3 is 6.18 Å². The lowest BCUT2D eigenvalue weighted by atomic mass is 10.2. The van der Waals surface area contributed by atoms with Gasteiger partial charge in [0.05, 0.1) is 18.9 Å². The topological polar surface area (TPSA) is 46.5 Å². The lowest BCUT2D eigenvalue weighted by molar-refractivity contribution is -0.137. The molecule has 10 heteroatoms. The molecule has 0 aliphatic rings. The van der Waals surface area contributed by atoms with Crippen molar-refractivity contribution in [2.45, 2.75) is 12.8 Å². The number of aromatic nitrogens is 1. The molecule has 3 aromatic rings. The lowest BCUT2D eigenvalue weighted by Gasteiger charge is -2.12. The molecular weight excluding hydrogens is 628 g/mol. The number of alkyl halides is 3. The van der Waals surface area contributed by atoms with Gasteiger partial charge in [-0.15, -0.1) is 0 Å². The maximum absolute atomic E-state index is 13.7. The number of pyridine rings is 1. The number of halogens is 6. The van der Waals surface area contributed by atoms with Gasteiger partial charge in [0, 0.05) is 11.8 Å². The number of hydrazone groups is 1. The minimum Gasteiger partial charge on any atom is -0.487 e. The van der Waals surface area contributed by atoms with E-state index in [1.165, 1.54) is 18.3 Å². The van der Waals surface area contributed by atoms with Crippen LogP contribution in [-0.2, 0) is 12.8 Å². The molecule has 0 radical (unpaired) electrons. The van der Waals surface area contributed by atoms with Gasteiger partial charge in [0.25, 0.3) is 0 Å². The number of hydrogen-bond acceptors (Lipinski definition) is 4. The summed E-state index contributed by atoms with van der Waals surface area (Å²) in [4.78, 5) is 3.69. The molecule has 0 saturated heterocycles. The van der Waals surface area contributed by atoms with Crippen LogP contribution in [0.3, 0.4) is 0 Å². The van der Waals surface area contributed by atoms with E-state index in [2.05, 4.69) is 60.7 Å². The summed E-state index contributed by atoms with van der Waals surface area (Å²) in [6.07, 6.45) is -2.17. The van der Waals surface area contributed by atoms with Crippen molar-refractivity contribution in [3.63, 3.8) is 0 Å². The highest BCUT2D eigenvalue weighted by Gasteiger charge is 2.30. The number of ether oxygens (including phenoxy) is 1. The molecule has 0 aliphatic heterocycles. The van der Waals surface area contributed by atoms with Crippen LogP contribution in [-0.4, -0.2) is 11.2 Å². The number of rotatable bonds is 6. The molecule has 0 bridgehead atoms. The van der Waals surface area contributed by atoms with Crippen molar-refractivity contribution >= 4 is 57.2 Å². The maximum Gasteiger partial charge on any atom is 0.417 e. The summed E-state index contributed by atoms with van der Waals surface area (Å²) in [5, 5.41) is 4.00. The van der Waals surface area contributed by atoms with E-state index >= 15 is 0 Å². The Hall–Kier alpha value is -1.96. The standard InChI is InChI=1S/C20H13F4I2N3O/c21-15-4-2-1-3-13(15)11-30-19-16(25)7-12(8-17(19)26)9-28-29-18-6-5-14(10-27-18)20(22,23)24/h1-10H,11H2,(H,27,29)/b28-9-. The van der Waals surface area contributed by atoms with Crippen molar-refractivity contribution < 1.29 is 22.3 Å². The summed E-state index contributed by atoms with van der Waals surface area (Å²) < 4.78 is 58.8. The highest BCUT2D eigenvalue weighted by atomic mass is 127. The van der Waals surface area contributed by atoms with Gasteiger partial charge in [-0.25, -0.2) is 9.37 Å². The Bertz CT molecular complexity index is 1030. The van der Waals surface area contributed by atoms with Gasteiger partial charge in [0.15, 0.2) is 0 Å². The van der Waals surface area contributed by atoms with Crippen molar-refractivity contribution in [1.29, 1.82) is 0 Å². The number of nitrogens with zero attached hydrogens (tertiary/aromatic N) is 2. The molecule has 1 heterocycles. The Morgan fingerprint density at radius 1 is 1.07 bits per heavy atom. The normalized spacial score (nSPS) is 11.7. The summed E-state index contributed by atoms with van der Waals surface area (Å²) in [5.41, 5.74) is 2.98. The third kappa shape index (κ3) is 6.03. The smallest absolute Gasteiger partial charge is 0.417 e. The molecule has 3 rings (SSSR count). The van der Waals surface area contributed by atoms with Gasteiger partial charge in [-0.05, 0) is 81.1 Å². The Morgan fingerprint density at radius 3 is 2.37 bits per heavy atom. The van der Waals surface area contributed by atoms with Crippen LogP contribution in [0.4, 0.5) is 23.4 Å². The fourth-order valence-corrected chi connectivity index (χ4v) is 4.49. The van der Waals surface area contributed by atoms with Crippen molar-refractivity contribution in [3.8, 4) is 5.75 Å². The molecule has 1 aromatic heterocycles. The summed E-state index contributed by atoms with van der Waals surface area (Å²) in [6, 6.07) is 12.2. The van der Waals surface area contributed by atoms with Gasteiger partial charge in [0.1, 0.15) is 24.0 Å². The first kappa shape index (κ1) is 22.7. The van der Waals surface area contributed by atoms with Crippen LogP contribution in [0, 0.1) is 13.0 Å². The number of hydrogen-bond donors (Lipinski definition) is 1. The maximum atomic E-state index is 13.7.